The van der Waals surface area contributed by atoms with Crippen LogP contribution in [0.25, 0.3) is 5.57 Å². The molecule has 1 N–H and O–H groups in total. The lowest BCUT2D eigenvalue weighted by Crippen LogP contribution is -2.33. The highest BCUT2D eigenvalue weighted by atomic mass is 35.5. The Kier molecular flexibility index (Phi) is 7.76. The van der Waals surface area contributed by atoms with Crippen molar-refractivity contribution in [3.8, 4) is 0 Å². The predicted molar refractivity (Wildman–Crippen MR) is 123 cm³/mol. The summed E-state index contributed by atoms with van der Waals surface area (Å²) in [6.07, 6.45) is 6.16. The van der Waals surface area contributed by atoms with E-state index in [0.29, 0.717) is 6.54 Å². The van der Waals surface area contributed by atoms with Gasteiger partial charge in [-0.2, -0.15) is 0 Å². The van der Waals surface area contributed by atoms with Crippen LogP contribution < -0.4 is 10.2 Å². The molecule has 0 radical (unpaired) electrons. The van der Waals surface area contributed by atoms with Gasteiger partial charge in [-0.1, -0.05) is 55.3 Å². The number of nitrogens with one attached hydrogen (secondary N) is 1. The van der Waals surface area contributed by atoms with E-state index >= 15 is 0 Å². The smallest absolute Gasteiger partial charge is 0.224 e. The number of aryl methyl sites for hydroxylation is 1. The van der Waals surface area contributed by atoms with Crippen molar-refractivity contribution in [2.75, 3.05) is 24.5 Å². The maximum Gasteiger partial charge on any atom is 0.224 e. The molecule has 3 nitrogen and oxygen atoms in total. The molecule has 1 aliphatic rings. The van der Waals surface area contributed by atoms with Crippen molar-refractivity contribution >= 4 is 28.8 Å². The number of carbonyl (C=O) groups is 1. The molecular formula is C25H31ClN2O. The number of hydrogen-bond acceptors (Lipinski definition) is 2. The Morgan fingerprint density at radius 2 is 2.03 bits per heavy atom. The van der Waals surface area contributed by atoms with E-state index in [4.69, 9.17) is 11.6 Å². The fourth-order valence-electron chi connectivity index (χ4n) is 3.92. The molecule has 29 heavy (non-hydrogen) atoms. The molecular weight excluding hydrogens is 380 g/mol. The zero-order chi connectivity index (χ0) is 20.6. The second kappa shape index (κ2) is 10.5. The van der Waals surface area contributed by atoms with E-state index in [0.717, 1.165) is 43.8 Å². The van der Waals surface area contributed by atoms with Crippen LogP contribution in [0.3, 0.4) is 0 Å². The lowest BCUT2D eigenvalue weighted by Gasteiger charge is -2.18. The van der Waals surface area contributed by atoms with E-state index in [9.17, 15) is 4.79 Å². The number of halogens is 1. The van der Waals surface area contributed by atoms with Gasteiger partial charge in [-0.05, 0) is 67.2 Å². The maximum absolute atomic E-state index is 12.7. The molecule has 1 atom stereocenters. The molecule has 4 heteroatoms. The zero-order valence-corrected chi connectivity index (χ0v) is 18.2. The third-order valence-corrected chi connectivity index (χ3v) is 5.83. The van der Waals surface area contributed by atoms with Crippen LogP contribution in [0.5, 0.6) is 0 Å². The summed E-state index contributed by atoms with van der Waals surface area (Å²) in [5.41, 5.74) is 4.88. The quantitative estimate of drug-likeness (QED) is 0.590. The molecule has 0 bridgehead atoms. The standard InChI is InChI=1S/C25H31ClN2O/c1-3-4-8-20(24-17-22(26)12-11-19(24)2)13-15-27-25(29)21-14-16-28(18-21)23-9-6-5-7-10-23/h5-12,17,21H,3-4,13-16,18H2,1-2H3,(H,27,29). The van der Waals surface area contributed by atoms with E-state index in [1.54, 1.807) is 0 Å². The van der Waals surface area contributed by atoms with Gasteiger partial charge in [0.2, 0.25) is 5.91 Å². The molecule has 1 amide bonds. The Bertz CT molecular complexity index is 847. The number of allylic oxidation sites excluding steroid dienone is 1. The van der Waals surface area contributed by atoms with Gasteiger partial charge in [0.1, 0.15) is 0 Å². The van der Waals surface area contributed by atoms with Crippen molar-refractivity contribution in [2.24, 2.45) is 5.92 Å². The van der Waals surface area contributed by atoms with Crippen LogP contribution in [-0.2, 0) is 4.79 Å². The first kappa shape index (κ1) is 21.4. The Labute approximate surface area is 179 Å². The Morgan fingerprint density at radius 3 is 2.79 bits per heavy atom. The SMILES string of the molecule is CCCC=C(CCNC(=O)C1CCN(c2ccccc2)C1)c1cc(Cl)ccc1C. The molecule has 154 valence electrons. The largest absolute Gasteiger partial charge is 0.371 e. The minimum atomic E-state index is 0.0613. The summed E-state index contributed by atoms with van der Waals surface area (Å²) in [6, 6.07) is 16.4. The Morgan fingerprint density at radius 1 is 1.24 bits per heavy atom. The third kappa shape index (κ3) is 5.86. The van der Waals surface area contributed by atoms with Crippen LogP contribution in [0, 0.1) is 12.8 Å². The van der Waals surface area contributed by atoms with Crippen molar-refractivity contribution < 1.29 is 4.79 Å². The van der Waals surface area contributed by atoms with Crippen molar-refractivity contribution in [1.82, 2.24) is 5.32 Å². The fourth-order valence-corrected chi connectivity index (χ4v) is 4.09. The number of nitrogens with zero attached hydrogens (tertiary/aromatic N) is 1. The van der Waals surface area contributed by atoms with E-state index in [2.05, 4.69) is 48.3 Å². The van der Waals surface area contributed by atoms with Crippen molar-refractivity contribution in [2.45, 2.75) is 39.5 Å². The average molecular weight is 411 g/mol. The number of hydrogen-bond donors (Lipinski definition) is 1. The highest BCUT2D eigenvalue weighted by Crippen LogP contribution is 2.27. The van der Waals surface area contributed by atoms with Crippen LogP contribution >= 0.6 is 11.6 Å². The minimum Gasteiger partial charge on any atom is -0.371 e. The highest BCUT2D eigenvalue weighted by Gasteiger charge is 2.28. The second-order valence-corrected chi connectivity index (χ2v) is 8.22. The van der Waals surface area contributed by atoms with Gasteiger partial charge in [-0.15, -0.1) is 0 Å². The summed E-state index contributed by atoms with van der Waals surface area (Å²) >= 11 is 6.23. The molecule has 1 aliphatic heterocycles. The fraction of sp³-hybridized carbons (Fsp3) is 0.400. The number of rotatable bonds is 8. The topological polar surface area (TPSA) is 32.3 Å². The van der Waals surface area contributed by atoms with Gasteiger partial charge in [0.25, 0.3) is 0 Å². The van der Waals surface area contributed by atoms with E-state index in [1.807, 2.05) is 30.3 Å². The summed E-state index contributed by atoms with van der Waals surface area (Å²) in [7, 11) is 0. The Hall–Kier alpha value is -2.26. The van der Waals surface area contributed by atoms with Crippen LogP contribution in [0.4, 0.5) is 5.69 Å². The number of carbonyl (C=O) groups excluding carboxylic acids is 1. The van der Waals surface area contributed by atoms with Gasteiger partial charge in [0.15, 0.2) is 0 Å². The molecule has 2 aromatic rings. The zero-order valence-electron chi connectivity index (χ0n) is 17.5. The molecule has 0 aromatic heterocycles. The van der Waals surface area contributed by atoms with Gasteiger partial charge in [-0.25, -0.2) is 0 Å². The minimum absolute atomic E-state index is 0.0613. The van der Waals surface area contributed by atoms with Gasteiger partial charge < -0.3 is 10.2 Å². The average Bonchev–Trinajstić information content (AvgIpc) is 3.23. The van der Waals surface area contributed by atoms with Crippen molar-refractivity contribution in [3.05, 3.63) is 70.8 Å². The van der Waals surface area contributed by atoms with E-state index in [1.165, 1.54) is 22.4 Å². The molecule has 2 aromatic carbocycles. The normalized spacial score (nSPS) is 16.9. The lowest BCUT2D eigenvalue weighted by atomic mass is 9.96. The molecule has 3 rings (SSSR count). The molecule has 1 unspecified atom stereocenters. The van der Waals surface area contributed by atoms with Crippen molar-refractivity contribution in [1.29, 1.82) is 0 Å². The van der Waals surface area contributed by atoms with Crippen molar-refractivity contribution in [3.63, 3.8) is 0 Å². The first-order chi connectivity index (χ1) is 14.1. The molecule has 0 aliphatic carbocycles. The lowest BCUT2D eigenvalue weighted by molar-refractivity contribution is -0.124. The van der Waals surface area contributed by atoms with E-state index < -0.39 is 0 Å². The third-order valence-electron chi connectivity index (χ3n) is 5.60. The molecule has 0 saturated carbocycles. The summed E-state index contributed by atoms with van der Waals surface area (Å²) in [5, 5.41) is 3.92. The Balaban J connectivity index is 1.56. The molecule has 1 heterocycles. The van der Waals surface area contributed by atoms with E-state index in [-0.39, 0.29) is 11.8 Å². The number of amides is 1. The number of anilines is 1. The van der Waals surface area contributed by atoms with Gasteiger partial charge >= 0.3 is 0 Å². The summed E-state index contributed by atoms with van der Waals surface area (Å²) in [4.78, 5) is 15.0. The van der Waals surface area contributed by atoms with Crippen LogP contribution in [0.15, 0.2) is 54.6 Å². The number of unbranched alkanes of at least 4 members (excludes halogenated alkanes) is 1. The second-order valence-electron chi connectivity index (χ2n) is 7.79. The first-order valence-electron chi connectivity index (χ1n) is 10.6. The van der Waals surface area contributed by atoms with Crippen LogP contribution in [0.2, 0.25) is 5.02 Å². The maximum atomic E-state index is 12.7. The highest BCUT2D eigenvalue weighted by molar-refractivity contribution is 6.30. The van der Waals surface area contributed by atoms with Gasteiger partial charge in [0, 0.05) is 30.3 Å². The monoisotopic (exact) mass is 410 g/mol. The van der Waals surface area contributed by atoms with Crippen LogP contribution in [-0.4, -0.2) is 25.5 Å². The number of benzene rings is 2. The predicted octanol–water partition coefficient (Wildman–Crippen LogP) is 5.86. The number of para-hydroxylation sites is 1. The molecule has 1 fully saturated rings. The summed E-state index contributed by atoms with van der Waals surface area (Å²) in [5.74, 6) is 0.229. The molecule has 1 saturated heterocycles. The van der Waals surface area contributed by atoms with Crippen LogP contribution in [0.1, 0.15) is 43.7 Å². The first-order valence-corrected chi connectivity index (χ1v) is 11.0. The molecule has 0 spiro atoms. The summed E-state index contributed by atoms with van der Waals surface area (Å²) in [6.45, 7) is 6.68. The summed E-state index contributed by atoms with van der Waals surface area (Å²) < 4.78 is 0. The van der Waals surface area contributed by atoms with Gasteiger partial charge in [0.05, 0.1) is 5.92 Å². The van der Waals surface area contributed by atoms with Gasteiger partial charge in [-0.3, -0.25) is 4.79 Å².